The molecule has 0 saturated heterocycles. The molecule has 0 aromatic heterocycles. The number of carbonyl (C=O) groups excluding carboxylic acids is 2. The Hall–Kier alpha value is -2.70. The summed E-state index contributed by atoms with van der Waals surface area (Å²) in [5.74, 6) is -0.579. The molecule has 6 heteroatoms. The SMILES string of the molecule is CC/C=C/C/C=C/C/C=C/C/C=C/C/C=C/CCC(=O)OC(CCCCCCC/C=C\CCCCCC)CC(=O)NC(CO)C(O)CCCCCCCCCCCCCCCCCC. The molecule has 3 unspecified atom stereocenters. The molecule has 0 aliphatic carbocycles. The van der Waals surface area contributed by atoms with Gasteiger partial charge < -0.3 is 20.3 Å². The molecular weight excluding hydrogens is 791 g/mol. The fourth-order valence-electron chi connectivity index (χ4n) is 7.95. The van der Waals surface area contributed by atoms with Crippen molar-refractivity contribution in [3.05, 3.63) is 72.9 Å². The molecule has 0 aliphatic rings. The zero-order valence-electron chi connectivity index (χ0n) is 42.1. The third-order valence-corrected chi connectivity index (χ3v) is 12.0. The minimum atomic E-state index is -0.805. The summed E-state index contributed by atoms with van der Waals surface area (Å²) < 4.78 is 5.89. The van der Waals surface area contributed by atoms with Crippen LogP contribution >= 0.6 is 0 Å². The molecule has 0 aromatic carbocycles. The van der Waals surface area contributed by atoms with Gasteiger partial charge in [0.05, 0.1) is 25.2 Å². The molecule has 3 atom stereocenters. The van der Waals surface area contributed by atoms with E-state index in [0.717, 1.165) is 77.0 Å². The molecule has 0 aliphatic heterocycles. The number of rotatable bonds is 48. The average molecular weight is 894 g/mol. The van der Waals surface area contributed by atoms with E-state index in [-0.39, 0.29) is 31.3 Å². The van der Waals surface area contributed by atoms with Gasteiger partial charge in [0, 0.05) is 6.42 Å². The van der Waals surface area contributed by atoms with Gasteiger partial charge in [0.15, 0.2) is 0 Å². The molecule has 6 nitrogen and oxygen atoms in total. The first-order valence-electron chi connectivity index (χ1n) is 27.2. The summed E-state index contributed by atoms with van der Waals surface area (Å²) >= 11 is 0. The van der Waals surface area contributed by atoms with Crippen LogP contribution in [0, 0.1) is 0 Å². The maximum absolute atomic E-state index is 13.2. The highest BCUT2D eigenvalue weighted by molar-refractivity contribution is 5.77. The molecule has 64 heavy (non-hydrogen) atoms. The number of hydrogen-bond donors (Lipinski definition) is 3. The summed E-state index contributed by atoms with van der Waals surface area (Å²) in [5, 5.41) is 23.8. The van der Waals surface area contributed by atoms with Gasteiger partial charge in [0.25, 0.3) is 0 Å². The second kappa shape index (κ2) is 51.3. The number of unbranched alkanes of at least 4 members (excludes halogenated alkanes) is 24. The Kier molecular flexibility index (Phi) is 49.1. The van der Waals surface area contributed by atoms with E-state index >= 15 is 0 Å². The van der Waals surface area contributed by atoms with Crippen LogP contribution in [-0.4, -0.2) is 46.9 Å². The van der Waals surface area contributed by atoms with Crippen molar-refractivity contribution in [2.45, 2.75) is 277 Å². The molecule has 0 bridgehead atoms. The monoisotopic (exact) mass is 894 g/mol. The molecule has 370 valence electrons. The van der Waals surface area contributed by atoms with Gasteiger partial charge in [-0.1, -0.05) is 235 Å². The normalized spacial score (nSPS) is 13.8. The van der Waals surface area contributed by atoms with E-state index in [2.05, 4.69) is 92.9 Å². The third kappa shape index (κ3) is 45.9. The summed E-state index contributed by atoms with van der Waals surface area (Å²) in [5.41, 5.74) is 0. The lowest BCUT2D eigenvalue weighted by Crippen LogP contribution is -2.46. The van der Waals surface area contributed by atoms with Crippen molar-refractivity contribution >= 4 is 11.9 Å². The maximum Gasteiger partial charge on any atom is 0.306 e. The first-order chi connectivity index (χ1) is 31.5. The topological polar surface area (TPSA) is 95.9 Å². The van der Waals surface area contributed by atoms with Crippen LogP contribution < -0.4 is 5.32 Å². The van der Waals surface area contributed by atoms with Crippen LogP contribution in [0.2, 0.25) is 0 Å². The van der Waals surface area contributed by atoms with Crippen LogP contribution in [0.3, 0.4) is 0 Å². The Morgan fingerprint density at radius 2 is 0.844 bits per heavy atom. The standard InChI is InChI=1S/C58H103NO5/c1-4-7-10-13-16-19-22-25-27-29-32-35-38-41-44-47-50-56(61)55(53-60)59-57(62)52-54(49-46-43-40-37-34-31-24-21-18-15-12-9-6-3)64-58(63)51-48-45-42-39-36-33-30-28-26-23-20-17-14-11-8-5-2/h8,11,17,20-21,24,26,28,33,36,42,45,54-56,60-61H,4-7,9-10,12-16,18-19,22-23,25,27,29-32,34-35,37-41,43-44,46-53H2,1-3H3,(H,59,62)/b11-8+,20-17+,24-21-,28-26+,36-33+,45-42+. The van der Waals surface area contributed by atoms with Crippen molar-refractivity contribution in [2.24, 2.45) is 0 Å². The first kappa shape index (κ1) is 61.3. The number of carbonyl (C=O) groups is 2. The lowest BCUT2D eigenvalue weighted by atomic mass is 10.0. The number of aliphatic hydroxyl groups excluding tert-OH is 2. The molecular formula is C58H103NO5. The quantitative estimate of drug-likeness (QED) is 0.0321. The summed E-state index contributed by atoms with van der Waals surface area (Å²) in [6, 6.07) is -0.721. The zero-order valence-corrected chi connectivity index (χ0v) is 42.1. The van der Waals surface area contributed by atoms with Crippen molar-refractivity contribution in [3.63, 3.8) is 0 Å². The van der Waals surface area contributed by atoms with E-state index in [0.29, 0.717) is 19.3 Å². The van der Waals surface area contributed by atoms with Crippen molar-refractivity contribution in [3.8, 4) is 0 Å². The maximum atomic E-state index is 13.2. The predicted octanol–water partition coefficient (Wildman–Crippen LogP) is 16.6. The minimum Gasteiger partial charge on any atom is -0.462 e. The number of allylic oxidation sites excluding steroid dienone is 12. The van der Waals surface area contributed by atoms with E-state index in [9.17, 15) is 19.8 Å². The molecule has 3 N–H and O–H groups in total. The molecule has 1 amide bonds. The van der Waals surface area contributed by atoms with Gasteiger partial charge in [-0.25, -0.2) is 0 Å². The molecule has 0 aromatic rings. The first-order valence-corrected chi connectivity index (χ1v) is 27.2. The lowest BCUT2D eigenvalue weighted by molar-refractivity contribution is -0.150. The van der Waals surface area contributed by atoms with Gasteiger partial charge in [-0.15, -0.1) is 0 Å². The van der Waals surface area contributed by atoms with Crippen LogP contribution in [0.4, 0.5) is 0 Å². The summed E-state index contributed by atoms with van der Waals surface area (Å²) in [7, 11) is 0. The van der Waals surface area contributed by atoms with E-state index in [4.69, 9.17) is 4.74 Å². The minimum absolute atomic E-state index is 0.0404. The van der Waals surface area contributed by atoms with E-state index in [1.54, 1.807) is 0 Å². The van der Waals surface area contributed by atoms with Crippen LogP contribution in [0.5, 0.6) is 0 Å². The van der Waals surface area contributed by atoms with Crippen LogP contribution in [0.1, 0.15) is 258 Å². The molecule has 0 rings (SSSR count). The van der Waals surface area contributed by atoms with Crippen molar-refractivity contribution in [1.82, 2.24) is 5.32 Å². The molecule has 0 spiro atoms. The number of amides is 1. The number of nitrogens with one attached hydrogen (secondary N) is 1. The third-order valence-electron chi connectivity index (χ3n) is 12.0. The van der Waals surface area contributed by atoms with Gasteiger partial charge in [-0.2, -0.15) is 0 Å². The van der Waals surface area contributed by atoms with Crippen LogP contribution in [-0.2, 0) is 14.3 Å². The van der Waals surface area contributed by atoms with E-state index in [1.165, 1.54) is 128 Å². The molecule has 0 heterocycles. The highest BCUT2D eigenvalue weighted by Crippen LogP contribution is 2.17. The number of aliphatic hydroxyl groups is 2. The zero-order chi connectivity index (χ0) is 46.7. The van der Waals surface area contributed by atoms with Gasteiger partial charge in [0.1, 0.15) is 6.10 Å². The van der Waals surface area contributed by atoms with Crippen LogP contribution in [0.25, 0.3) is 0 Å². The largest absolute Gasteiger partial charge is 0.462 e. The summed E-state index contributed by atoms with van der Waals surface area (Å²) in [6.45, 7) is 6.35. The number of esters is 1. The van der Waals surface area contributed by atoms with E-state index < -0.39 is 18.2 Å². The Bertz CT molecular complexity index is 1190. The Morgan fingerprint density at radius 1 is 0.469 bits per heavy atom. The smallest absolute Gasteiger partial charge is 0.306 e. The highest BCUT2D eigenvalue weighted by Gasteiger charge is 2.24. The van der Waals surface area contributed by atoms with Crippen molar-refractivity contribution < 1.29 is 24.5 Å². The van der Waals surface area contributed by atoms with Crippen LogP contribution in [0.15, 0.2) is 72.9 Å². The van der Waals surface area contributed by atoms with Crippen molar-refractivity contribution in [1.29, 1.82) is 0 Å². The Morgan fingerprint density at radius 3 is 1.30 bits per heavy atom. The summed E-state index contributed by atoms with van der Waals surface area (Å²) in [6.07, 6.45) is 65.4. The van der Waals surface area contributed by atoms with Gasteiger partial charge in [-0.05, 0) is 83.5 Å². The number of hydrogen-bond acceptors (Lipinski definition) is 5. The van der Waals surface area contributed by atoms with Gasteiger partial charge >= 0.3 is 5.97 Å². The fourth-order valence-corrected chi connectivity index (χ4v) is 7.95. The van der Waals surface area contributed by atoms with Gasteiger partial charge in [0.2, 0.25) is 5.91 Å². The van der Waals surface area contributed by atoms with Gasteiger partial charge in [-0.3, -0.25) is 9.59 Å². The molecule has 0 radical (unpaired) electrons. The second-order valence-electron chi connectivity index (χ2n) is 18.2. The lowest BCUT2D eigenvalue weighted by Gasteiger charge is -2.24. The van der Waals surface area contributed by atoms with Crippen molar-refractivity contribution in [2.75, 3.05) is 6.61 Å². The highest BCUT2D eigenvalue weighted by atomic mass is 16.5. The predicted molar refractivity (Wildman–Crippen MR) is 278 cm³/mol. The Balaban J connectivity index is 4.64. The molecule has 0 saturated carbocycles. The molecule has 0 fully saturated rings. The fraction of sp³-hybridized carbons (Fsp3) is 0.759. The Labute approximate surface area is 396 Å². The second-order valence-corrected chi connectivity index (χ2v) is 18.2. The average Bonchev–Trinajstić information content (AvgIpc) is 3.29. The summed E-state index contributed by atoms with van der Waals surface area (Å²) in [4.78, 5) is 26.2. The van der Waals surface area contributed by atoms with E-state index in [1.807, 2.05) is 6.08 Å². The number of ether oxygens (including phenoxy) is 1.